The SMILES string of the molecule is Cc1cc(Cl)ccc1-c1cccc(CNc2ccc(S(=O)(=O)CC(=O)O)cc2)c1. The summed E-state index contributed by atoms with van der Waals surface area (Å²) in [6.45, 7) is 2.58. The van der Waals surface area contributed by atoms with Crippen molar-refractivity contribution in [3.05, 3.63) is 82.9 Å². The second kappa shape index (κ2) is 8.68. The lowest BCUT2D eigenvalue weighted by atomic mass is 9.99. The Morgan fingerprint density at radius 3 is 2.41 bits per heavy atom. The Hall–Kier alpha value is -2.83. The van der Waals surface area contributed by atoms with Crippen molar-refractivity contribution < 1.29 is 18.3 Å². The molecule has 0 bridgehead atoms. The minimum Gasteiger partial charge on any atom is -0.480 e. The van der Waals surface area contributed by atoms with E-state index < -0.39 is 21.6 Å². The molecule has 0 fully saturated rings. The van der Waals surface area contributed by atoms with Crippen LogP contribution in [-0.4, -0.2) is 25.2 Å². The van der Waals surface area contributed by atoms with Crippen molar-refractivity contribution in [1.29, 1.82) is 0 Å². The van der Waals surface area contributed by atoms with Crippen LogP contribution in [0.5, 0.6) is 0 Å². The van der Waals surface area contributed by atoms with Crippen LogP contribution < -0.4 is 5.32 Å². The van der Waals surface area contributed by atoms with Crippen molar-refractivity contribution in [3.63, 3.8) is 0 Å². The second-order valence-electron chi connectivity index (χ2n) is 6.69. The van der Waals surface area contributed by atoms with Crippen LogP contribution in [0.15, 0.2) is 71.6 Å². The number of anilines is 1. The molecule has 3 rings (SSSR count). The highest BCUT2D eigenvalue weighted by Crippen LogP contribution is 2.27. The molecule has 7 heteroatoms. The number of rotatable bonds is 7. The van der Waals surface area contributed by atoms with Crippen molar-refractivity contribution in [2.24, 2.45) is 0 Å². The normalized spacial score (nSPS) is 11.2. The van der Waals surface area contributed by atoms with E-state index >= 15 is 0 Å². The molecule has 0 aliphatic carbocycles. The summed E-state index contributed by atoms with van der Waals surface area (Å²) >= 11 is 6.04. The average molecular weight is 430 g/mol. The molecule has 0 unspecified atom stereocenters. The number of benzene rings is 3. The Morgan fingerprint density at radius 1 is 1.03 bits per heavy atom. The topological polar surface area (TPSA) is 83.5 Å². The van der Waals surface area contributed by atoms with Crippen molar-refractivity contribution >= 4 is 33.1 Å². The fourth-order valence-corrected chi connectivity index (χ4v) is 4.30. The van der Waals surface area contributed by atoms with Crippen molar-refractivity contribution in [2.75, 3.05) is 11.1 Å². The number of aliphatic carboxylic acids is 1. The summed E-state index contributed by atoms with van der Waals surface area (Å²) in [5.41, 5.74) is 5.12. The molecule has 0 aromatic heterocycles. The molecular formula is C22H20ClNO4S. The fraction of sp³-hybridized carbons (Fsp3) is 0.136. The molecule has 150 valence electrons. The maximum absolute atomic E-state index is 11.9. The summed E-state index contributed by atoms with van der Waals surface area (Å²) in [5, 5.41) is 12.7. The third-order valence-corrected chi connectivity index (χ3v) is 6.30. The van der Waals surface area contributed by atoms with Crippen LogP contribution >= 0.6 is 11.6 Å². The van der Waals surface area contributed by atoms with Crippen LogP contribution in [0.2, 0.25) is 5.02 Å². The highest BCUT2D eigenvalue weighted by Gasteiger charge is 2.18. The zero-order valence-corrected chi connectivity index (χ0v) is 17.3. The van der Waals surface area contributed by atoms with E-state index in [9.17, 15) is 13.2 Å². The Morgan fingerprint density at radius 2 is 1.76 bits per heavy atom. The predicted molar refractivity (Wildman–Crippen MR) is 115 cm³/mol. The fourth-order valence-electron chi connectivity index (χ4n) is 3.03. The van der Waals surface area contributed by atoms with Gasteiger partial charge >= 0.3 is 5.97 Å². The molecule has 0 heterocycles. The van der Waals surface area contributed by atoms with Crippen LogP contribution in [-0.2, 0) is 21.2 Å². The molecule has 0 aliphatic rings. The van der Waals surface area contributed by atoms with E-state index in [2.05, 4.69) is 11.4 Å². The quantitative estimate of drug-likeness (QED) is 0.564. The standard InChI is InChI=1S/C22H20ClNO4S/c1-15-11-18(23)5-10-21(15)17-4-2-3-16(12-17)13-24-19-6-8-20(9-7-19)29(27,28)14-22(25)26/h2-12,24H,13-14H2,1H3,(H,25,26). The molecule has 0 spiro atoms. The largest absolute Gasteiger partial charge is 0.480 e. The lowest BCUT2D eigenvalue weighted by Crippen LogP contribution is -2.15. The number of carboxylic acids is 1. The lowest BCUT2D eigenvalue weighted by molar-refractivity contribution is -0.134. The van der Waals surface area contributed by atoms with Gasteiger partial charge in [0.15, 0.2) is 15.6 Å². The van der Waals surface area contributed by atoms with Gasteiger partial charge in [-0.05, 0) is 71.6 Å². The van der Waals surface area contributed by atoms with Gasteiger partial charge in [-0.1, -0.05) is 35.9 Å². The van der Waals surface area contributed by atoms with Crippen LogP contribution in [0.1, 0.15) is 11.1 Å². The second-order valence-corrected chi connectivity index (χ2v) is 9.12. The molecule has 0 saturated carbocycles. The monoisotopic (exact) mass is 429 g/mol. The summed E-state index contributed by atoms with van der Waals surface area (Å²) in [4.78, 5) is 10.7. The Kier molecular flexibility index (Phi) is 6.25. The van der Waals surface area contributed by atoms with E-state index in [1.54, 1.807) is 12.1 Å². The minimum atomic E-state index is -3.82. The number of carbonyl (C=O) groups is 1. The van der Waals surface area contributed by atoms with Gasteiger partial charge in [-0.3, -0.25) is 4.79 Å². The molecular weight excluding hydrogens is 410 g/mol. The van der Waals surface area contributed by atoms with Crippen molar-refractivity contribution in [3.8, 4) is 11.1 Å². The van der Waals surface area contributed by atoms with Gasteiger partial charge in [0.05, 0.1) is 4.90 Å². The van der Waals surface area contributed by atoms with Crippen LogP contribution in [0.25, 0.3) is 11.1 Å². The van der Waals surface area contributed by atoms with Crippen molar-refractivity contribution in [2.45, 2.75) is 18.4 Å². The molecule has 3 aromatic carbocycles. The van der Waals surface area contributed by atoms with Gasteiger partial charge in [-0.25, -0.2) is 8.42 Å². The van der Waals surface area contributed by atoms with Gasteiger partial charge in [0.2, 0.25) is 0 Å². The molecule has 0 aliphatic heterocycles. The number of aryl methyl sites for hydroxylation is 1. The number of carboxylic acid groups (broad SMARTS) is 1. The van der Waals surface area contributed by atoms with E-state index in [4.69, 9.17) is 16.7 Å². The molecule has 0 atom stereocenters. The lowest BCUT2D eigenvalue weighted by Gasteiger charge is -2.11. The number of halogens is 1. The van der Waals surface area contributed by atoms with Gasteiger partial charge in [0.25, 0.3) is 0 Å². The van der Waals surface area contributed by atoms with Crippen molar-refractivity contribution in [1.82, 2.24) is 0 Å². The average Bonchev–Trinajstić information content (AvgIpc) is 2.66. The molecule has 3 aromatic rings. The summed E-state index contributed by atoms with van der Waals surface area (Å²) in [7, 11) is -3.82. The number of sulfone groups is 1. The highest BCUT2D eigenvalue weighted by molar-refractivity contribution is 7.92. The Labute approximate surface area is 174 Å². The minimum absolute atomic E-state index is 0.00865. The van der Waals surface area contributed by atoms with E-state index in [1.807, 2.05) is 43.3 Å². The van der Waals surface area contributed by atoms with Crippen LogP contribution in [0, 0.1) is 6.92 Å². The number of hydrogen-bond acceptors (Lipinski definition) is 4. The molecule has 29 heavy (non-hydrogen) atoms. The maximum atomic E-state index is 11.9. The molecule has 0 amide bonds. The summed E-state index contributed by atoms with van der Waals surface area (Å²) in [6.07, 6.45) is 0. The number of nitrogens with one attached hydrogen (secondary N) is 1. The zero-order chi connectivity index (χ0) is 21.0. The van der Waals surface area contributed by atoms with E-state index in [0.717, 1.165) is 27.9 Å². The predicted octanol–water partition coefficient (Wildman–Crippen LogP) is 4.79. The molecule has 0 radical (unpaired) electrons. The summed E-state index contributed by atoms with van der Waals surface area (Å²) in [5.74, 6) is -2.29. The van der Waals surface area contributed by atoms with E-state index in [-0.39, 0.29) is 4.90 Å². The van der Waals surface area contributed by atoms with Gasteiger partial charge < -0.3 is 10.4 Å². The first-order valence-corrected chi connectivity index (χ1v) is 10.9. The van der Waals surface area contributed by atoms with Gasteiger partial charge in [0, 0.05) is 17.3 Å². The summed E-state index contributed by atoms with van der Waals surface area (Å²) < 4.78 is 23.9. The zero-order valence-electron chi connectivity index (χ0n) is 15.7. The smallest absolute Gasteiger partial charge is 0.319 e. The summed E-state index contributed by atoms with van der Waals surface area (Å²) in [6, 6.07) is 20.0. The first-order valence-electron chi connectivity index (χ1n) is 8.88. The van der Waals surface area contributed by atoms with Crippen LogP contribution in [0.4, 0.5) is 5.69 Å². The van der Waals surface area contributed by atoms with Gasteiger partial charge in [0.1, 0.15) is 0 Å². The van der Waals surface area contributed by atoms with E-state index in [0.29, 0.717) is 11.6 Å². The maximum Gasteiger partial charge on any atom is 0.319 e. The molecule has 2 N–H and O–H groups in total. The highest BCUT2D eigenvalue weighted by atomic mass is 35.5. The third-order valence-electron chi connectivity index (χ3n) is 4.45. The Balaban J connectivity index is 1.71. The van der Waals surface area contributed by atoms with Gasteiger partial charge in [-0.2, -0.15) is 0 Å². The first kappa shape index (κ1) is 20.9. The van der Waals surface area contributed by atoms with Gasteiger partial charge in [-0.15, -0.1) is 0 Å². The molecule has 0 saturated heterocycles. The van der Waals surface area contributed by atoms with Crippen LogP contribution in [0.3, 0.4) is 0 Å². The Bertz CT molecular complexity index is 1140. The first-order chi connectivity index (χ1) is 13.7. The van der Waals surface area contributed by atoms with E-state index in [1.165, 1.54) is 12.1 Å². The molecule has 5 nitrogen and oxygen atoms in total. The third kappa shape index (κ3) is 5.37. The number of hydrogen-bond donors (Lipinski definition) is 2.